The van der Waals surface area contributed by atoms with E-state index in [0.29, 0.717) is 0 Å². The molecule has 0 aromatic heterocycles. The molecule has 0 spiro atoms. The van der Waals surface area contributed by atoms with Crippen molar-refractivity contribution in [3.63, 3.8) is 0 Å². The Morgan fingerprint density at radius 1 is 0.867 bits per heavy atom. The summed E-state index contributed by atoms with van der Waals surface area (Å²) in [5.74, 6) is -0.285. The van der Waals surface area contributed by atoms with Gasteiger partial charge in [-0.1, -0.05) is 20.8 Å². The molecule has 94 valence electrons. The third-order valence-corrected chi connectivity index (χ3v) is 8.97. The Morgan fingerprint density at radius 3 is 1.27 bits per heavy atom. The molecule has 0 aromatic rings. The van der Waals surface area contributed by atoms with Crippen LogP contribution in [0, 0.1) is 0 Å². The molecule has 0 saturated heterocycles. The van der Waals surface area contributed by atoms with E-state index in [1.807, 2.05) is 0 Å². The van der Waals surface area contributed by atoms with Gasteiger partial charge in [-0.2, -0.15) is 0 Å². The van der Waals surface area contributed by atoms with Crippen molar-refractivity contribution in [1.29, 1.82) is 0 Å². The van der Waals surface area contributed by atoms with E-state index in [9.17, 15) is 16.8 Å². The number of rotatable bonds is 5. The molecule has 5 nitrogen and oxygen atoms in total. The highest BCUT2D eigenvalue weighted by atomic mass is 32.3. The second-order valence-corrected chi connectivity index (χ2v) is 8.97. The Balaban J connectivity index is 0. The summed E-state index contributed by atoms with van der Waals surface area (Å²) in [4.78, 5) is 0. The molecule has 0 saturated carbocycles. The lowest BCUT2D eigenvalue weighted by molar-refractivity contribution is 0.543. The molecule has 0 heterocycles. The van der Waals surface area contributed by atoms with Gasteiger partial charge in [-0.25, -0.2) is 16.8 Å². The molecule has 0 bridgehead atoms. The Kier molecular flexibility index (Phi) is 6.06. The lowest BCUT2D eigenvalue weighted by Crippen LogP contribution is -2.44. The highest BCUT2D eigenvalue weighted by molar-refractivity contribution is 8.10. The van der Waals surface area contributed by atoms with E-state index in [0.717, 1.165) is 0 Å². The van der Waals surface area contributed by atoms with Crippen molar-refractivity contribution < 1.29 is 22.3 Å². The number of hydrogen-bond donors (Lipinski definition) is 0. The summed E-state index contributed by atoms with van der Waals surface area (Å²) in [6.07, 6.45) is 0.0966. The van der Waals surface area contributed by atoms with Crippen molar-refractivity contribution >= 4 is 19.7 Å². The Morgan fingerprint density at radius 2 is 1.13 bits per heavy atom. The average molecular weight is 260 g/mol. The molecule has 0 fully saturated rings. The smallest absolute Gasteiger partial charge is 0.170 e. The van der Waals surface area contributed by atoms with Crippen molar-refractivity contribution in [1.82, 2.24) is 0 Å². The van der Waals surface area contributed by atoms with E-state index in [-0.39, 0.29) is 23.4 Å². The topological polar surface area (TPSA) is 99.8 Å². The fourth-order valence-electron chi connectivity index (χ4n) is 1.24. The van der Waals surface area contributed by atoms with Gasteiger partial charge >= 0.3 is 0 Å². The standard InChI is InChI=1S/C8H18O4S2.H2O/c1-5-8(4,13(9,10)6-2)14(11,12)7-3;/h5-7H2,1-4H3;1H2. The zero-order chi connectivity index (χ0) is 11.6. The Bertz CT molecular complexity index is 345. The SMILES string of the molecule is CCC(C)(S(=O)(=O)CC)S(=O)(=O)CC.O. The molecule has 0 aromatic carbocycles. The van der Waals surface area contributed by atoms with Crippen LogP contribution >= 0.6 is 0 Å². The van der Waals surface area contributed by atoms with Gasteiger partial charge in [0.05, 0.1) is 0 Å². The zero-order valence-corrected chi connectivity index (χ0v) is 11.2. The first-order chi connectivity index (χ1) is 6.18. The van der Waals surface area contributed by atoms with Gasteiger partial charge in [-0.3, -0.25) is 0 Å². The summed E-state index contributed by atoms with van der Waals surface area (Å²) in [6.45, 7) is 5.81. The zero-order valence-electron chi connectivity index (χ0n) is 9.57. The third kappa shape index (κ3) is 2.70. The second kappa shape index (κ2) is 5.27. The van der Waals surface area contributed by atoms with Crippen LogP contribution in [-0.4, -0.2) is 37.9 Å². The van der Waals surface area contributed by atoms with Gasteiger partial charge in [0.15, 0.2) is 23.8 Å². The van der Waals surface area contributed by atoms with Gasteiger partial charge in [0.1, 0.15) is 0 Å². The van der Waals surface area contributed by atoms with Crippen LogP contribution in [0.4, 0.5) is 0 Å². The van der Waals surface area contributed by atoms with Crippen molar-refractivity contribution in [2.75, 3.05) is 11.5 Å². The van der Waals surface area contributed by atoms with Crippen molar-refractivity contribution in [2.24, 2.45) is 0 Å². The van der Waals surface area contributed by atoms with E-state index >= 15 is 0 Å². The van der Waals surface area contributed by atoms with Crippen molar-refractivity contribution in [3.05, 3.63) is 0 Å². The first kappa shape index (κ1) is 17.3. The average Bonchev–Trinajstić information content (AvgIpc) is 2.15. The van der Waals surface area contributed by atoms with E-state index in [2.05, 4.69) is 0 Å². The summed E-state index contributed by atoms with van der Waals surface area (Å²) < 4.78 is 45.1. The first-order valence-electron chi connectivity index (χ1n) is 4.63. The minimum absolute atomic E-state index is 0. The predicted molar refractivity (Wildman–Crippen MR) is 61.2 cm³/mol. The molecule has 0 atom stereocenters. The molecule has 0 aliphatic rings. The van der Waals surface area contributed by atoms with E-state index in [4.69, 9.17) is 0 Å². The molecule has 0 unspecified atom stereocenters. The Hall–Kier alpha value is -0.140. The van der Waals surface area contributed by atoms with E-state index < -0.39 is 23.8 Å². The van der Waals surface area contributed by atoms with E-state index in [1.54, 1.807) is 6.92 Å². The number of sulfone groups is 2. The van der Waals surface area contributed by atoms with Gasteiger partial charge in [0.2, 0.25) is 0 Å². The van der Waals surface area contributed by atoms with Crippen molar-refractivity contribution in [3.8, 4) is 0 Å². The second-order valence-electron chi connectivity index (χ2n) is 3.29. The molecule has 2 N–H and O–H groups in total. The minimum Gasteiger partial charge on any atom is -0.412 e. The molecular formula is C8H20O5S2. The summed E-state index contributed by atoms with van der Waals surface area (Å²) >= 11 is 0. The van der Waals surface area contributed by atoms with Crippen LogP contribution in [0.5, 0.6) is 0 Å². The molecular weight excluding hydrogens is 240 g/mol. The van der Waals surface area contributed by atoms with Crippen LogP contribution in [0.1, 0.15) is 34.1 Å². The molecule has 0 radical (unpaired) electrons. The minimum atomic E-state index is -3.57. The highest BCUT2D eigenvalue weighted by Crippen LogP contribution is 2.29. The summed E-state index contributed by atoms with van der Waals surface area (Å²) in [5.41, 5.74) is 0. The quantitative estimate of drug-likeness (QED) is 0.702. The molecule has 0 amide bonds. The lowest BCUT2D eigenvalue weighted by Gasteiger charge is -2.26. The molecule has 15 heavy (non-hydrogen) atoms. The van der Waals surface area contributed by atoms with Crippen molar-refractivity contribution in [2.45, 2.75) is 38.2 Å². The summed E-state index contributed by atoms with van der Waals surface area (Å²) in [7, 11) is -7.14. The van der Waals surface area contributed by atoms with Gasteiger partial charge < -0.3 is 5.48 Å². The highest BCUT2D eigenvalue weighted by Gasteiger charge is 2.47. The summed E-state index contributed by atoms with van der Waals surface area (Å²) in [6, 6.07) is 0. The van der Waals surface area contributed by atoms with Crippen LogP contribution in [0.2, 0.25) is 0 Å². The van der Waals surface area contributed by atoms with Crippen LogP contribution in [0.15, 0.2) is 0 Å². The lowest BCUT2D eigenvalue weighted by atomic mass is 10.4. The summed E-state index contributed by atoms with van der Waals surface area (Å²) in [5, 5.41) is 0. The fourth-order valence-corrected chi connectivity index (χ4v) is 5.60. The molecule has 0 aliphatic carbocycles. The van der Waals surface area contributed by atoms with Gasteiger partial charge in [-0.15, -0.1) is 0 Å². The molecule has 0 rings (SSSR count). The normalized spacial score (nSPS) is 13.3. The monoisotopic (exact) mass is 260 g/mol. The fraction of sp³-hybridized carbons (Fsp3) is 1.00. The van der Waals surface area contributed by atoms with E-state index in [1.165, 1.54) is 20.8 Å². The van der Waals surface area contributed by atoms with Gasteiger partial charge in [0.25, 0.3) is 0 Å². The van der Waals surface area contributed by atoms with Crippen LogP contribution in [-0.2, 0) is 19.7 Å². The maximum absolute atomic E-state index is 11.7. The number of hydrogen-bond acceptors (Lipinski definition) is 4. The maximum Gasteiger partial charge on any atom is 0.170 e. The van der Waals surface area contributed by atoms with Gasteiger partial charge in [0, 0.05) is 11.5 Å². The molecule has 7 heteroatoms. The van der Waals surface area contributed by atoms with Crippen LogP contribution in [0.25, 0.3) is 0 Å². The van der Waals surface area contributed by atoms with Gasteiger partial charge in [-0.05, 0) is 13.3 Å². The largest absolute Gasteiger partial charge is 0.412 e. The predicted octanol–water partition coefficient (Wildman–Crippen LogP) is 0.157. The Labute approximate surface area is 92.0 Å². The third-order valence-electron chi connectivity index (χ3n) is 2.72. The maximum atomic E-state index is 11.7. The van der Waals surface area contributed by atoms with Crippen LogP contribution in [0.3, 0.4) is 0 Å². The molecule has 0 aliphatic heterocycles. The first-order valence-corrected chi connectivity index (χ1v) is 7.93. The van der Waals surface area contributed by atoms with Crippen LogP contribution < -0.4 is 0 Å².